The molecule has 2 rings (SSSR count). The molecule has 1 aliphatic carbocycles. The van der Waals surface area contributed by atoms with E-state index in [-0.39, 0.29) is 23.8 Å². The molecule has 1 aromatic rings. The van der Waals surface area contributed by atoms with Crippen LogP contribution in [0.1, 0.15) is 44.6 Å². The minimum absolute atomic E-state index is 0.101. The Bertz CT molecular complexity index is 437. The van der Waals surface area contributed by atoms with Gasteiger partial charge in [0.1, 0.15) is 5.82 Å². The van der Waals surface area contributed by atoms with Gasteiger partial charge in [-0.2, -0.15) is 0 Å². The van der Waals surface area contributed by atoms with E-state index >= 15 is 0 Å². The highest BCUT2D eigenvalue weighted by molar-refractivity contribution is 5.52. The van der Waals surface area contributed by atoms with E-state index in [1.807, 2.05) is 12.1 Å². The molecule has 19 heavy (non-hydrogen) atoms. The van der Waals surface area contributed by atoms with E-state index < -0.39 is 0 Å². The number of halogens is 1. The summed E-state index contributed by atoms with van der Waals surface area (Å²) in [6.45, 7) is 6.46. The van der Waals surface area contributed by atoms with Crippen LogP contribution in [0.25, 0.3) is 0 Å². The molecule has 0 aromatic heterocycles. The summed E-state index contributed by atoms with van der Waals surface area (Å²) in [6, 6.07) is 6.69. The van der Waals surface area contributed by atoms with Crippen molar-refractivity contribution in [3.63, 3.8) is 0 Å². The van der Waals surface area contributed by atoms with Crippen LogP contribution in [0.3, 0.4) is 0 Å². The molecule has 104 valence electrons. The summed E-state index contributed by atoms with van der Waals surface area (Å²) in [6.07, 6.45) is 5.83. The van der Waals surface area contributed by atoms with E-state index in [1.165, 1.54) is 31.4 Å². The smallest absolute Gasteiger partial charge is 0.123 e. The molecular weight excluding hydrogens is 239 g/mol. The third-order valence-corrected chi connectivity index (χ3v) is 4.47. The zero-order valence-electron chi connectivity index (χ0n) is 11.7. The first-order valence-corrected chi connectivity index (χ1v) is 7.23. The molecule has 0 heterocycles. The van der Waals surface area contributed by atoms with Crippen molar-refractivity contribution in [2.45, 2.75) is 44.4 Å². The predicted octanol–water partition coefficient (Wildman–Crippen LogP) is 4.21. The van der Waals surface area contributed by atoms with Crippen molar-refractivity contribution in [1.29, 1.82) is 0 Å². The van der Waals surface area contributed by atoms with Crippen molar-refractivity contribution in [1.82, 2.24) is 0 Å². The maximum Gasteiger partial charge on any atom is 0.123 e. The zero-order chi connectivity index (χ0) is 13.9. The van der Waals surface area contributed by atoms with Crippen molar-refractivity contribution in [2.24, 2.45) is 5.92 Å². The van der Waals surface area contributed by atoms with E-state index in [0.29, 0.717) is 0 Å². The predicted molar refractivity (Wildman–Crippen MR) is 76.6 cm³/mol. The lowest BCUT2D eigenvalue weighted by Crippen LogP contribution is -2.12. The Labute approximate surface area is 115 Å². The Morgan fingerprint density at radius 3 is 2.42 bits per heavy atom. The third kappa shape index (κ3) is 2.59. The van der Waals surface area contributed by atoms with Crippen molar-refractivity contribution in [2.75, 3.05) is 6.61 Å². The maximum absolute atomic E-state index is 13.1. The minimum Gasteiger partial charge on any atom is -0.396 e. The number of unbranched alkanes of at least 4 members (excludes halogenated alkanes) is 3. The van der Waals surface area contributed by atoms with Crippen molar-refractivity contribution in [3.8, 4) is 0 Å². The summed E-state index contributed by atoms with van der Waals surface area (Å²) in [4.78, 5) is 0. The van der Waals surface area contributed by atoms with Crippen LogP contribution in [0.4, 0.5) is 4.39 Å². The number of aliphatic hydroxyl groups is 1. The van der Waals surface area contributed by atoms with Gasteiger partial charge in [-0.15, -0.1) is 0 Å². The van der Waals surface area contributed by atoms with Crippen LogP contribution in [-0.4, -0.2) is 11.7 Å². The van der Waals surface area contributed by atoms with E-state index in [2.05, 4.69) is 13.5 Å². The van der Waals surface area contributed by atoms with Gasteiger partial charge in [0.05, 0.1) is 6.61 Å². The number of hydrogen-bond donors (Lipinski definition) is 1. The van der Waals surface area contributed by atoms with Gasteiger partial charge in [0, 0.05) is 11.3 Å². The summed E-state index contributed by atoms with van der Waals surface area (Å²) >= 11 is 0. The van der Waals surface area contributed by atoms with E-state index in [0.717, 1.165) is 24.0 Å². The monoisotopic (exact) mass is 262 g/mol. The number of aliphatic hydroxyl groups excluding tert-OH is 1. The highest BCUT2D eigenvalue weighted by atomic mass is 19.1. The molecule has 2 atom stereocenters. The van der Waals surface area contributed by atoms with Gasteiger partial charge >= 0.3 is 0 Å². The molecule has 0 radical (unpaired) electrons. The van der Waals surface area contributed by atoms with Crippen LogP contribution < -0.4 is 0 Å². The van der Waals surface area contributed by atoms with Crippen LogP contribution in [-0.2, 0) is 5.41 Å². The van der Waals surface area contributed by atoms with Gasteiger partial charge in [-0.3, -0.25) is 0 Å². The van der Waals surface area contributed by atoms with Crippen LogP contribution in [0.15, 0.2) is 36.4 Å². The van der Waals surface area contributed by atoms with Gasteiger partial charge in [0.2, 0.25) is 0 Å². The molecule has 0 spiro atoms. The summed E-state index contributed by atoms with van der Waals surface area (Å²) in [5.41, 5.74) is 2.11. The van der Waals surface area contributed by atoms with Crippen LogP contribution in [0.2, 0.25) is 0 Å². The Morgan fingerprint density at radius 1 is 1.21 bits per heavy atom. The Morgan fingerprint density at radius 2 is 1.89 bits per heavy atom. The van der Waals surface area contributed by atoms with Crippen LogP contribution >= 0.6 is 0 Å². The molecule has 1 aromatic carbocycles. The molecule has 1 aliphatic rings. The fraction of sp³-hybridized carbons (Fsp3) is 0.529. The Kier molecular flexibility index (Phi) is 4.41. The van der Waals surface area contributed by atoms with Crippen LogP contribution in [0.5, 0.6) is 0 Å². The normalized spacial score (nSPS) is 25.6. The van der Waals surface area contributed by atoms with E-state index in [9.17, 15) is 9.50 Å². The second kappa shape index (κ2) is 5.87. The fourth-order valence-electron chi connectivity index (χ4n) is 3.23. The molecule has 0 saturated heterocycles. The standard InChI is InChI=1S/C17H23FO/c1-3-4-5-6-11-17(13(2)16(17)12-19)14-7-9-15(18)10-8-14/h7-10,16,19H,2-6,11-12H2,1H3/t16-,17-/m0/s1. The van der Waals surface area contributed by atoms with Gasteiger partial charge in [0.15, 0.2) is 0 Å². The summed E-state index contributed by atoms with van der Waals surface area (Å²) in [7, 11) is 0. The summed E-state index contributed by atoms with van der Waals surface area (Å²) in [5, 5.41) is 9.50. The maximum atomic E-state index is 13.1. The lowest BCUT2D eigenvalue weighted by Gasteiger charge is -2.17. The summed E-state index contributed by atoms with van der Waals surface area (Å²) in [5.74, 6) is -0.0590. The lowest BCUT2D eigenvalue weighted by molar-refractivity contribution is 0.262. The molecule has 1 fully saturated rings. The molecule has 0 bridgehead atoms. The highest BCUT2D eigenvalue weighted by Crippen LogP contribution is 2.61. The van der Waals surface area contributed by atoms with Crippen molar-refractivity contribution in [3.05, 3.63) is 47.8 Å². The molecule has 0 unspecified atom stereocenters. The van der Waals surface area contributed by atoms with Crippen molar-refractivity contribution < 1.29 is 9.50 Å². The van der Waals surface area contributed by atoms with E-state index in [4.69, 9.17) is 0 Å². The van der Waals surface area contributed by atoms with Gasteiger partial charge in [0.25, 0.3) is 0 Å². The van der Waals surface area contributed by atoms with Gasteiger partial charge in [-0.05, 0) is 24.1 Å². The van der Waals surface area contributed by atoms with E-state index in [1.54, 1.807) is 0 Å². The number of benzene rings is 1. The van der Waals surface area contributed by atoms with Crippen LogP contribution in [0, 0.1) is 11.7 Å². The number of rotatable bonds is 7. The van der Waals surface area contributed by atoms with Gasteiger partial charge < -0.3 is 5.11 Å². The second-order valence-electron chi connectivity index (χ2n) is 5.55. The first-order valence-electron chi connectivity index (χ1n) is 7.23. The average molecular weight is 262 g/mol. The zero-order valence-corrected chi connectivity index (χ0v) is 11.7. The topological polar surface area (TPSA) is 20.2 Å². The third-order valence-electron chi connectivity index (χ3n) is 4.47. The quantitative estimate of drug-likeness (QED) is 0.576. The molecule has 0 aliphatic heterocycles. The Hall–Kier alpha value is -1.15. The van der Waals surface area contributed by atoms with Gasteiger partial charge in [-0.25, -0.2) is 4.39 Å². The SMILES string of the molecule is C=C1[C@H](CO)[C@]1(CCCCCC)c1ccc(F)cc1. The first kappa shape index (κ1) is 14.3. The lowest BCUT2D eigenvalue weighted by atomic mass is 9.87. The molecule has 1 saturated carbocycles. The van der Waals surface area contributed by atoms with Crippen molar-refractivity contribution >= 4 is 0 Å². The molecule has 2 heteroatoms. The summed E-state index contributed by atoms with van der Waals surface area (Å²) < 4.78 is 13.1. The molecular formula is C17H23FO. The minimum atomic E-state index is -0.211. The Balaban J connectivity index is 2.13. The van der Waals surface area contributed by atoms with Gasteiger partial charge in [-0.1, -0.05) is 56.9 Å². The second-order valence-corrected chi connectivity index (χ2v) is 5.55. The molecule has 1 N–H and O–H groups in total. The molecule has 0 amide bonds. The number of hydrogen-bond acceptors (Lipinski definition) is 1. The highest BCUT2D eigenvalue weighted by Gasteiger charge is 2.58. The largest absolute Gasteiger partial charge is 0.396 e. The average Bonchev–Trinajstić information content (AvgIpc) is 3.00. The first-order chi connectivity index (χ1) is 9.16. The molecule has 1 nitrogen and oxygen atoms in total. The fourth-order valence-corrected chi connectivity index (χ4v) is 3.23.